The summed E-state index contributed by atoms with van der Waals surface area (Å²) in [4.78, 5) is 27.7. The maximum atomic E-state index is 12.0. The average molecular weight is 310 g/mol. The normalized spacial score (nSPS) is 28.1. The number of likely N-dealkylation sites (N-methyl/N-ethyl adjacent to an activating group) is 1. The van der Waals surface area contributed by atoms with Crippen molar-refractivity contribution in [2.45, 2.75) is 37.3 Å². The quantitative estimate of drug-likeness (QED) is 0.752. The highest BCUT2D eigenvalue weighted by atomic mass is 16.5. The van der Waals surface area contributed by atoms with Crippen LogP contribution in [-0.2, 0) is 9.53 Å². The van der Waals surface area contributed by atoms with Crippen molar-refractivity contribution in [1.82, 2.24) is 20.4 Å². The van der Waals surface area contributed by atoms with Gasteiger partial charge in [-0.15, -0.1) is 0 Å². The molecule has 3 fully saturated rings. The van der Waals surface area contributed by atoms with E-state index in [4.69, 9.17) is 4.74 Å². The number of carbonyl (C=O) groups is 2. The molecule has 0 aliphatic carbocycles. The highest BCUT2D eigenvalue weighted by Gasteiger charge is 2.45. The lowest BCUT2D eigenvalue weighted by Crippen LogP contribution is -2.54. The van der Waals surface area contributed by atoms with E-state index in [1.165, 1.54) is 0 Å². The Bertz CT molecular complexity index is 429. The zero-order chi connectivity index (χ0) is 15.6. The number of amides is 3. The highest BCUT2D eigenvalue weighted by molar-refractivity contribution is 5.78. The first-order chi connectivity index (χ1) is 10.6. The summed E-state index contributed by atoms with van der Waals surface area (Å²) in [6.45, 7) is 4.31. The first-order valence-electron chi connectivity index (χ1n) is 8.21. The van der Waals surface area contributed by atoms with Gasteiger partial charge in [0.25, 0.3) is 0 Å². The number of rotatable bonds is 4. The van der Waals surface area contributed by atoms with E-state index in [-0.39, 0.29) is 23.6 Å². The van der Waals surface area contributed by atoms with Gasteiger partial charge in [-0.3, -0.25) is 9.69 Å². The van der Waals surface area contributed by atoms with E-state index in [1.54, 1.807) is 0 Å². The van der Waals surface area contributed by atoms with Crippen LogP contribution >= 0.6 is 0 Å². The lowest BCUT2D eigenvalue weighted by Gasteiger charge is -2.42. The molecule has 3 aliphatic heterocycles. The predicted molar refractivity (Wildman–Crippen MR) is 81.6 cm³/mol. The van der Waals surface area contributed by atoms with Crippen molar-refractivity contribution in [3.63, 3.8) is 0 Å². The number of urea groups is 1. The van der Waals surface area contributed by atoms with Crippen molar-refractivity contribution in [2.24, 2.45) is 0 Å². The van der Waals surface area contributed by atoms with E-state index in [0.29, 0.717) is 13.1 Å². The molecule has 7 nitrogen and oxygen atoms in total. The molecule has 0 aromatic carbocycles. The van der Waals surface area contributed by atoms with E-state index >= 15 is 0 Å². The van der Waals surface area contributed by atoms with E-state index < -0.39 is 0 Å². The monoisotopic (exact) mass is 310 g/mol. The van der Waals surface area contributed by atoms with Gasteiger partial charge < -0.3 is 20.3 Å². The molecule has 3 amide bonds. The van der Waals surface area contributed by atoms with Gasteiger partial charge in [0.2, 0.25) is 5.91 Å². The number of nitrogens with one attached hydrogen (secondary N) is 2. The summed E-state index contributed by atoms with van der Waals surface area (Å²) in [5.41, 5.74) is -0.0538. The molecular formula is C15H26N4O3. The topological polar surface area (TPSA) is 73.9 Å². The molecule has 1 unspecified atom stereocenters. The Morgan fingerprint density at radius 3 is 2.82 bits per heavy atom. The van der Waals surface area contributed by atoms with E-state index in [0.717, 1.165) is 51.9 Å². The molecule has 1 spiro atoms. The molecule has 3 saturated heterocycles. The summed E-state index contributed by atoms with van der Waals surface area (Å²) in [6, 6.07) is 0.0164. The van der Waals surface area contributed by atoms with Crippen LogP contribution in [-0.4, -0.2) is 79.8 Å². The Morgan fingerprint density at radius 1 is 1.45 bits per heavy atom. The van der Waals surface area contributed by atoms with Crippen LogP contribution in [0.4, 0.5) is 4.79 Å². The molecule has 0 aromatic heterocycles. The minimum Gasteiger partial charge on any atom is -0.376 e. The van der Waals surface area contributed by atoms with Crippen LogP contribution < -0.4 is 10.6 Å². The summed E-state index contributed by atoms with van der Waals surface area (Å²) >= 11 is 0. The molecule has 0 bridgehead atoms. The third-order valence-electron chi connectivity index (χ3n) is 5.29. The summed E-state index contributed by atoms with van der Waals surface area (Å²) in [7, 11) is 1.87. The number of carbonyl (C=O) groups excluding carboxylic acids is 2. The van der Waals surface area contributed by atoms with Gasteiger partial charge in [0.05, 0.1) is 18.2 Å². The second-order valence-corrected chi connectivity index (χ2v) is 6.66. The minimum atomic E-state index is -0.0538. The Hall–Kier alpha value is -1.34. The molecule has 0 aromatic rings. The fourth-order valence-electron chi connectivity index (χ4n) is 3.62. The molecule has 3 rings (SSSR count). The van der Waals surface area contributed by atoms with Crippen molar-refractivity contribution in [2.75, 3.05) is 46.4 Å². The van der Waals surface area contributed by atoms with Crippen LogP contribution in [0.25, 0.3) is 0 Å². The Kier molecular flexibility index (Phi) is 4.54. The van der Waals surface area contributed by atoms with Crippen molar-refractivity contribution in [3.8, 4) is 0 Å². The highest BCUT2D eigenvalue weighted by Crippen LogP contribution is 2.30. The first kappa shape index (κ1) is 15.6. The summed E-state index contributed by atoms with van der Waals surface area (Å²) in [5, 5.41) is 5.88. The van der Waals surface area contributed by atoms with Crippen molar-refractivity contribution in [1.29, 1.82) is 0 Å². The largest absolute Gasteiger partial charge is 0.376 e. The van der Waals surface area contributed by atoms with Crippen molar-refractivity contribution < 1.29 is 14.3 Å². The second kappa shape index (κ2) is 6.42. The van der Waals surface area contributed by atoms with Gasteiger partial charge >= 0.3 is 6.03 Å². The number of piperidine rings is 1. The minimum absolute atomic E-state index is 0.0164. The molecule has 1 atom stereocenters. The average Bonchev–Trinajstić information content (AvgIpc) is 3.13. The number of nitrogens with zero attached hydrogens (tertiary/aromatic N) is 2. The summed E-state index contributed by atoms with van der Waals surface area (Å²) in [6.07, 6.45) is 4.16. The van der Waals surface area contributed by atoms with Crippen molar-refractivity contribution >= 4 is 11.9 Å². The molecule has 3 heterocycles. The number of hydrogen-bond acceptors (Lipinski definition) is 4. The third-order valence-corrected chi connectivity index (χ3v) is 5.29. The number of likely N-dealkylation sites (tertiary alicyclic amines) is 1. The molecular weight excluding hydrogens is 284 g/mol. The molecule has 7 heteroatoms. The van der Waals surface area contributed by atoms with Gasteiger partial charge in [-0.2, -0.15) is 0 Å². The van der Waals surface area contributed by atoms with Crippen LogP contribution in [0.5, 0.6) is 0 Å². The zero-order valence-electron chi connectivity index (χ0n) is 13.3. The van der Waals surface area contributed by atoms with Crippen molar-refractivity contribution in [3.05, 3.63) is 0 Å². The molecule has 2 N–H and O–H groups in total. The SMILES string of the molecule is CN1C(=O)NCC12CCN(CC(=O)NCC1CCCO1)CC2. The Morgan fingerprint density at radius 2 is 2.23 bits per heavy atom. The van der Waals surface area contributed by atoms with Crippen LogP contribution in [0.1, 0.15) is 25.7 Å². The molecule has 0 saturated carbocycles. The maximum absolute atomic E-state index is 12.0. The standard InChI is InChI=1S/C15H26N4O3/c1-18-14(21)17-11-15(18)4-6-19(7-5-15)10-13(20)16-9-12-3-2-8-22-12/h12H,2-11H2,1H3,(H,16,20)(H,17,21). The Labute approximate surface area is 131 Å². The number of ether oxygens (including phenoxy) is 1. The third kappa shape index (κ3) is 3.20. The molecule has 22 heavy (non-hydrogen) atoms. The van der Waals surface area contributed by atoms with E-state index in [1.807, 2.05) is 11.9 Å². The summed E-state index contributed by atoms with van der Waals surface area (Å²) in [5.74, 6) is 0.0698. The zero-order valence-corrected chi connectivity index (χ0v) is 13.3. The first-order valence-corrected chi connectivity index (χ1v) is 8.21. The van der Waals surface area contributed by atoms with Crippen LogP contribution in [0.2, 0.25) is 0 Å². The lowest BCUT2D eigenvalue weighted by atomic mass is 9.87. The maximum Gasteiger partial charge on any atom is 0.317 e. The van der Waals surface area contributed by atoms with Gasteiger partial charge in [-0.05, 0) is 25.7 Å². The number of hydrogen-bond donors (Lipinski definition) is 2. The fourth-order valence-corrected chi connectivity index (χ4v) is 3.62. The van der Waals surface area contributed by atoms with Gasteiger partial charge in [0.15, 0.2) is 0 Å². The van der Waals surface area contributed by atoms with E-state index in [2.05, 4.69) is 15.5 Å². The Balaban J connectivity index is 1.40. The smallest absolute Gasteiger partial charge is 0.317 e. The molecule has 3 aliphatic rings. The van der Waals surface area contributed by atoms with Crippen LogP contribution in [0.3, 0.4) is 0 Å². The lowest BCUT2D eigenvalue weighted by molar-refractivity contribution is -0.123. The second-order valence-electron chi connectivity index (χ2n) is 6.66. The van der Waals surface area contributed by atoms with Gasteiger partial charge in [-0.25, -0.2) is 4.79 Å². The van der Waals surface area contributed by atoms with Gasteiger partial charge in [0, 0.05) is 39.8 Å². The van der Waals surface area contributed by atoms with E-state index in [9.17, 15) is 9.59 Å². The predicted octanol–water partition coefficient (Wildman–Crippen LogP) is -0.229. The molecule has 124 valence electrons. The fraction of sp³-hybridized carbons (Fsp3) is 0.867. The summed E-state index contributed by atoms with van der Waals surface area (Å²) < 4.78 is 5.51. The van der Waals surface area contributed by atoms with Gasteiger partial charge in [-0.1, -0.05) is 0 Å². The van der Waals surface area contributed by atoms with Crippen LogP contribution in [0, 0.1) is 0 Å². The van der Waals surface area contributed by atoms with Crippen LogP contribution in [0.15, 0.2) is 0 Å². The van der Waals surface area contributed by atoms with Gasteiger partial charge in [0.1, 0.15) is 0 Å². The molecule has 0 radical (unpaired) electrons.